The maximum Gasteiger partial charge on any atom is 0.261 e. The summed E-state index contributed by atoms with van der Waals surface area (Å²) >= 11 is 0. The predicted octanol–water partition coefficient (Wildman–Crippen LogP) is 4.32. The van der Waals surface area contributed by atoms with Crippen LogP contribution in [0.3, 0.4) is 0 Å². The summed E-state index contributed by atoms with van der Waals surface area (Å²) in [5.41, 5.74) is 3.70. The summed E-state index contributed by atoms with van der Waals surface area (Å²) in [6, 6.07) is 21.5. The van der Waals surface area contributed by atoms with Gasteiger partial charge in [0, 0.05) is 18.7 Å². The van der Waals surface area contributed by atoms with Crippen LogP contribution in [0.5, 0.6) is 0 Å². The van der Waals surface area contributed by atoms with E-state index in [0.717, 1.165) is 25.2 Å². The molecular formula is C26H29N3O3S. The highest BCUT2D eigenvalue weighted by Crippen LogP contribution is 2.23. The first-order chi connectivity index (χ1) is 15.9. The van der Waals surface area contributed by atoms with Gasteiger partial charge in [0.05, 0.1) is 10.6 Å². The zero-order chi connectivity index (χ0) is 23.3. The Hall–Kier alpha value is -3.16. The van der Waals surface area contributed by atoms with E-state index in [0.29, 0.717) is 23.4 Å². The van der Waals surface area contributed by atoms with Crippen molar-refractivity contribution in [2.75, 3.05) is 17.8 Å². The molecule has 1 heterocycles. The Balaban J connectivity index is 1.43. The van der Waals surface area contributed by atoms with E-state index >= 15 is 0 Å². The van der Waals surface area contributed by atoms with Gasteiger partial charge in [-0.3, -0.25) is 14.4 Å². The third-order valence-corrected chi connectivity index (χ3v) is 7.31. The zero-order valence-corrected chi connectivity index (χ0v) is 19.6. The van der Waals surface area contributed by atoms with Gasteiger partial charge in [0.2, 0.25) is 0 Å². The van der Waals surface area contributed by atoms with Crippen LogP contribution in [0.15, 0.2) is 77.7 Å². The van der Waals surface area contributed by atoms with Crippen LogP contribution in [-0.2, 0) is 23.1 Å². The highest BCUT2D eigenvalue weighted by molar-refractivity contribution is 7.92. The lowest BCUT2D eigenvalue weighted by molar-refractivity contribution is 0.0950. The van der Waals surface area contributed by atoms with Crippen LogP contribution in [0.2, 0.25) is 0 Å². The van der Waals surface area contributed by atoms with Crippen molar-refractivity contribution in [3.63, 3.8) is 0 Å². The quantitative estimate of drug-likeness (QED) is 0.521. The maximum atomic E-state index is 12.9. The number of carbonyl (C=O) groups excluding carboxylic acids is 1. The minimum atomic E-state index is -3.73. The number of hydrogen-bond donors (Lipinski definition) is 2. The van der Waals surface area contributed by atoms with Gasteiger partial charge in [0.25, 0.3) is 15.9 Å². The largest absolute Gasteiger partial charge is 0.348 e. The van der Waals surface area contributed by atoms with E-state index in [1.54, 1.807) is 43.3 Å². The Morgan fingerprint density at radius 1 is 0.909 bits per heavy atom. The second-order valence-electron chi connectivity index (χ2n) is 8.38. The average Bonchev–Trinajstić information content (AvgIpc) is 3.33. The number of sulfonamides is 1. The summed E-state index contributed by atoms with van der Waals surface area (Å²) in [5.74, 6) is -0.238. The van der Waals surface area contributed by atoms with Crippen LogP contribution >= 0.6 is 0 Å². The third kappa shape index (κ3) is 5.80. The van der Waals surface area contributed by atoms with Crippen LogP contribution in [0.25, 0.3) is 0 Å². The molecule has 7 heteroatoms. The first-order valence-corrected chi connectivity index (χ1v) is 12.7. The topological polar surface area (TPSA) is 78.5 Å². The van der Waals surface area contributed by atoms with Crippen LogP contribution < -0.4 is 10.0 Å². The molecule has 0 aromatic heterocycles. The van der Waals surface area contributed by atoms with Gasteiger partial charge in [0.1, 0.15) is 0 Å². The summed E-state index contributed by atoms with van der Waals surface area (Å²) in [6.45, 7) is 5.38. The summed E-state index contributed by atoms with van der Waals surface area (Å²) in [7, 11) is -3.73. The van der Waals surface area contributed by atoms with E-state index in [1.165, 1.54) is 30.5 Å². The van der Waals surface area contributed by atoms with Gasteiger partial charge in [-0.05, 0) is 73.8 Å². The fourth-order valence-corrected chi connectivity index (χ4v) is 5.25. The summed E-state index contributed by atoms with van der Waals surface area (Å²) < 4.78 is 28.0. The Morgan fingerprint density at radius 2 is 1.61 bits per heavy atom. The molecule has 33 heavy (non-hydrogen) atoms. The van der Waals surface area contributed by atoms with E-state index in [-0.39, 0.29) is 10.8 Å². The molecule has 6 nitrogen and oxygen atoms in total. The molecule has 1 saturated heterocycles. The molecule has 0 atom stereocenters. The summed E-state index contributed by atoms with van der Waals surface area (Å²) in [5, 5.41) is 2.97. The van der Waals surface area contributed by atoms with E-state index in [4.69, 9.17) is 0 Å². The van der Waals surface area contributed by atoms with Crippen molar-refractivity contribution in [3.05, 3.63) is 95.1 Å². The molecular weight excluding hydrogens is 434 g/mol. The molecule has 1 aliphatic rings. The average molecular weight is 464 g/mol. The molecule has 0 unspecified atom stereocenters. The van der Waals surface area contributed by atoms with Crippen LogP contribution in [0.4, 0.5) is 5.69 Å². The van der Waals surface area contributed by atoms with Gasteiger partial charge in [-0.25, -0.2) is 8.42 Å². The molecule has 0 bridgehead atoms. The highest BCUT2D eigenvalue weighted by Gasteiger charge is 2.18. The normalized spacial score (nSPS) is 14.2. The second kappa shape index (κ2) is 10.2. The Bertz CT molecular complexity index is 1220. The fraction of sp³-hybridized carbons (Fsp3) is 0.269. The SMILES string of the molecule is Cc1c(NS(=O)(=O)c2ccccc2)cccc1C(=O)NCc1cccc(CN2CCCC2)c1. The smallest absolute Gasteiger partial charge is 0.261 e. The van der Waals surface area contributed by atoms with E-state index < -0.39 is 10.0 Å². The highest BCUT2D eigenvalue weighted by atomic mass is 32.2. The number of likely N-dealkylation sites (tertiary alicyclic amines) is 1. The van der Waals surface area contributed by atoms with Crippen molar-refractivity contribution in [2.45, 2.75) is 37.8 Å². The molecule has 172 valence electrons. The number of anilines is 1. The van der Waals surface area contributed by atoms with Gasteiger partial charge in [0.15, 0.2) is 0 Å². The minimum absolute atomic E-state index is 0.174. The van der Waals surface area contributed by atoms with Crippen molar-refractivity contribution in [1.29, 1.82) is 0 Å². The zero-order valence-electron chi connectivity index (χ0n) is 18.8. The molecule has 0 radical (unpaired) electrons. The lowest BCUT2D eigenvalue weighted by Crippen LogP contribution is -2.24. The number of nitrogens with zero attached hydrogens (tertiary/aromatic N) is 1. The molecule has 0 spiro atoms. The number of benzene rings is 3. The van der Waals surface area contributed by atoms with E-state index in [9.17, 15) is 13.2 Å². The number of rotatable bonds is 8. The van der Waals surface area contributed by atoms with Crippen molar-refractivity contribution < 1.29 is 13.2 Å². The standard InChI is InChI=1S/C26H29N3O3S/c1-20-24(13-8-14-25(20)28-33(31,32)23-11-3-2-4-12-23)26(30)27-18-21-9-7-10-22(17-21)19-29-15-5-6-16-29/h2-4,7-14,17,28H,5-6,15-16,18-19H2,1H3,(H,27,30). The van der Waals surface area contributed by atoms with E-state index in [2.05, 4.69) is 27.1 Å². The number of hydrogen-bond acceptors (Lipinski definition) is 4. The monoisotopic (exact) mass is 463 g/mol. The van der Waals surface area contributed by atoms with Crippen LogP contribution in [0.1, 0.15) is 39.9 Å². The number of nitrogens with one attached hydrogen (secondary N) is 2. The first-order valence-electron chi connectivity index (χ1n) is 11.2. The van der Waals surface area contributed by atoms with Crippen LogP contribution in [-0.4, -0.2) is 32.3 Å². The van der Waals surface area contributed by atoms with Gasteiger partial charge < -0.3 is 5.32 Å². The number of carbonyl (C=O) groups is 1. The first kappa shape index (κ1) is 23.0. The van der Waals surface area contributed by atoms with Crippen molar-refractivity contribution in [3.8, 4) is 0 Å². The Kier molecular flexibility index (Phi) is 7.11. The molecule has 0 aliphatic carbocycles. The molecule has 0 saturated carbocycles. The van der Waals surface area contributed by atoms with Crippen molar-refractivity contribution >= 4 is 21.6 Å². The lowest BCUT2D eigenvalue weighted by atomic mass is 10.1. The summed E-state index contributed by atoms with van der Waals surface area (Å²) in [4.78, 5) is 15.5. The Morgan fingerprint density at radius 3 is 2.36 bits per heavy atom. The van der Waals surface area contributed by atoms with Gasteiger partial charge in [-0.2, -0.15) is 0 Å². The molecule has 3 aromatic carbocycles. The lowest BCUT2D eigenvalue weighted by Gasteiger charge is -2.16. The Labute approximate surface area is 195 Å². The van der Waals surface area contributed by atoms with Gasteiger partial charge in [-0.1, -0.05) is 48.5 Å². The maximum absolute atomic E-state index is 12.9. The number of amides is 1. The summed E-state index contributed by atoms with van der Waals surface area (Å²) in [6.07, 6.45) is 2.52. The fourth-order valence-electron chi connectivity index (χ4n) is 4.11. The third-order valence-electron chi connectivity index (χ3n) is 5.93. The predicted molar refractivity (Wildman–Crippen MR) is 131 cm³/mol. The van der Waals surface area contributed by atoms with Gasteiger partial charge >= 0.3 is 0 Å². The van der Waals surface area contributed by atoms with Gasteiger partial charge in [-0.15, -0.1) is 0 Å². The molecule has 1 fully saturated rings. The van der Waals surface area contributed by atoms with Crippen molar-refractivity contribution in [1.82, 2.24) is 10.2 Å². The molecule has 1 aliphatic heterocycles. The minimum Gasteiger partial charge on any atom is -0.348 e. The van der Waals surface area contributed by atoms with E-state index in [1.807, 2.05) is 12.1 Å². The molecule has 4 rings (SSSR count). The second-order valence-corrected chi connectivity index (χ2v) is 10.1. The van der Waals surface area contributed by atoms with Crippen LogP contribution in [0, 0.1) is 6.92 Å². The molecule has 1 amide bonds. The van der Waals surface area contributed by atoms with Crippen molar-refractivity contribution in [2.24, 2.45) is 0 Å². The molecule has 3 aromatic rings. The molecule has 2 N–H and O–H groups in total.